The Bertz CT molecular complexity index is 385. The van der Waals surface area contributed by atoms with Gasteiger partial charge >= 0.3 is 5.51 Å². The standard InChI is InChI=1S/C11H14F3NO2S/c1-16-8-3-4-9(10(7-8)17-2)15-5-6-18-11(12,13)14/h3-4,7,15H,5-6H2,1-2H3. The molecule has 0 saturated heterocycles. The van der Waals surface area contributed by atoms with Gasteiger partial charge in [0.1, 0.15) is 11.5 Å². The summed E-state index contributed by atoms with van der Waals surface area (Å²) in [6.45, 7) is 0.201. The molecular formula is C11H14F3NO2S. The molecule has 1 aromatic carbocycles. The fraction of sp³-hybridized carbons (Fsp3) is 0.455. The van der Waals surface area contributed by atoms with E-state index in [1.807, 2.05) is 0 Å². The fourth-order valence-electron chi connectivity index (χ4n) is 1.30. The number of ether oxygens (including phenoxy) is 2. The van der Waals surface area contributed by atoms with Crippen LogP contribution in [0.3, 0.4) is 0 Å². The second kappa shape index (κ2) is 6.63. The molecule has 0 amide bonds. The van der Waals surface area contributed by atoms with Crippen molar-refractivity contribution in [2.75, 3.05) is 31.8 Å². The number of alkyl halides is 3. The third-order valence-corrected chi connectivity index (χ3v) is 2.83. The molecule has 0 bridgehead atoms. The van der Waals surface area contributed by atoms with Crippen molar-refractivity contribution < 1.29 is 22.6 Å². The molecule has 0 aliphatic rings. The van der Waals surface area contributed by atoms with Gasteiger partial charge < -0.3 is 14.8 Å². The SMILES string of the molecule is COc1ccc(NCCSC(F)(F)F)c(OC)c1. The van der Waals surface area contributed by atoms with Gasteiger partial charge in [-0.15, -0.1) is 0 Å². The van der Waals surface area contributed by atoms with E-state index < -0.39 is 5.51 Å². The minimum Gasteiger partial charge on any atom is -0.497 e. The lowest BCUT2D eigenvalue weighted by molar-refractivity contribution is -0.0327. The Morgan fingerprint density at radius 3 is 2.50 bits per heavy atom. The maximum atomic E-state index is 11.9. The smallest absolute Gasteiger partial charge is 0.441 e. The molecule has 102 valence electrons. The first-order valence-electron chi connectivity index (χ1n) is 5.13. The van der Waals surface area contributed by atoms with Crippen LogP contribution in [0.2, 0.25) is 0 Å². The van der Waals surface area contributed by atoms with Crippen molar-refractivity contribution in [1.29, 1.82) is 0 Å². The molecule has 0 radical (unpaired) electrons. The van der Waals surface area contributed by atoms with E-state index in [0.29, 0.717) is 17.2 Å². The van der Waals surface area contributed by atoms with E-state index in [4.69, 9.17) is 9.47 Å². The maximum Gasteiger partial charge on any atom is 0.441 e. The molecule has 1 aromatic rings. The molecule has 0 saturated carbocycles. The highest BCUT2D eigenvalue weighted by atomic mass is 32.2. The van der Waals surface area contributed by atoms with Crippen LogP contribution in [-0.4, -0.2) is 32.0 Å². The van der Waals surface area contributed by atoms with Crippen LogP contribution in [0, 0.1) is 0 Å². The van der Waals surface area contributed by atoms with Gasteiger partial charge in [-0.3, -0.25) is 0 Å². The molecule has 1 N–H and O–H groups in total. The average molecular weight is 281 g/mol. The Labute approximate surface area is 108 Å². The van der Waals surface area contributed by atoms with E-state index in [1.54, 1.807) is 18.2 Å². The van der Waals surface area contributed by atoms with Crippen molar-refractivity contribution in [3.63, 3.8) is 0 Å². The number of benzene rings is 1. The molecule has 1 rings (SSSR count). The van der Waals surface area contributed by atoms with Gasteiger partial charge in [0, 0.05) is 18.4 Å². The Morgan fingerprint density at radius 1 is 1.22 bits per heavy atom. The second-order valence-electron chi connectivity index (χ2n) is 3.29. The molecule has 0 heterocycles. The molecule has 0 aromatic heterocycles. The van der Waals surface area contributed by atoms with E-state index in [9.17, 15) is 13.2 Å². The zero-order valence-electron chi connectivity index (χ0n) is 10.0. The predicted octanol–water partition coefficient (Wildman–Crippen LogP) is 3.37. The zero-order chi connectivity index (χ0) is 13.6. The van der Waals surface area contributed by atoms with E-state index in [1.165, 1.54) is 14.2 Å². The van der Waals surface area contributed by atoms with Gasteiger partial charge in [0.05, 0.1) is 19.9 Å². The van der Waals surface area contributed by atoms with Gasteiger partial charge in [-0.2, -0.15) is 13.2 Å². The van der Waals surface area contributed by atoms with Gasteiger partial charge in [0.15, 0.2) is 0 Å². The van der Waals surface area contributed by atoms with E-state index in [0.717, 1.165) is 0 Å². The minimum absolute atomic E-state index is 0.0541. The first-order valence-corrected chi connectivity index (χ1v) is 6.11. The molecule has 0 unspecified atom stereocenters. The topological polar surface area (TPSA) is 30.5 Å². The van der Waals surface area contributed by atoms with Gasteiger partial charge in [0.2, 0.25) is 0 Å². The first-order chi connectivity index (χ1) is 8.46. The highest BCUT2D eigenvalue weighted by molar-refractivity contribution is 8.00. The molecule has 7 heteroatoms. The number of hydrogen-bond acceptors (Lipinski definition) is 4. The summed E-state index contributed by atoms with van der Waals surface area (Å²) in [5.41, 5.74) is -3.55. The predicted molar refractivity (Wildman–Crippen MR) is 66.5 cm³/mol. The number of halogens is 3. The summed E-state index contributed by atoms with van der Waals surface area (Å²) in [4.78, 5) is 0. The molecule has 0 fully saturated rings. The molecule has 3 nitrogen and oxygen atoms in total. The Kier molecular flexibility index (Phi) is 5.46. The quantitative estimate of drug-likeness (QED) is 0.810. The second-order valence-corrected chi connectivity index (χ2v) is 4.45. The largest absolute Gasteiger partial charge is 0.497 e. The average Bonchev–Trinajstić information content (AvgIpc) is 2.33. The lowest BCUT2D eigenvalue weighted by atomic mass is 10.2. The summed E-state index contributed by atoms with van der Waals surface area (Å²) in [5.74, 6) is 1.10. The number of methoxy groups -OCH3 is 2. The van der Waals surface area contributed by atoms with Crippen LogP contribution in [0.1, 0.15) is 0 Å². The minimum atomic E-state index is -4.19. The van der Waals surface area contributed by atoms with Crippen LogP contribution in [0.5, 0.6) is 11.5 Å². The van der Waals surface area contributed by atoms with E-state index in [-0.39, 0.29) is 24.1 Å². The molecule has 18 heavy (non-hydrogen) atoms. The fourth-order valence-corrected chi connectivity index (χ4v) is 1.73. The molecule has 0 spiro atoms. The maximum absolute atomic E-state index is 11.9. The van der Waals surface area contributed by atoms with Crippen LogP contribution in [0.4, 0.5) is 18.9 Å². The normalized spacial score (nSPS) is 11.2. The third-order valence-electron chi connectivity index (χ3n) is 2.09. The zero-order valence-corrected chi connectivity index (χ0v) is 10.8. The number of thioether (sulfide) groups is 1. The molecular weight excluding hydrogens is 267 g/mol. The van der Waals surface area contributed by atoms with Crippen LogP contribution >= 0.6 is 11.8 Å². The Morgan fingerprint density at radius 2 is 1.94 bits per heavy atom. The van der Waals surface area contributed by atoms with Crippen molar-refractivity contribution in [1.82, 2.24) is 0 Å². The molecule has 0 atom stereocenters. The summed E-state index contributed by atoms with van der Waals surface area (Å²) in [7, 11) is 3.02. The highest BCUT2D eigenvalue weighted by Gasteiger charge is 2.27. The lowest BCUT2D eigenvalue weighted by Crippen LogP contribution is -2.10. The van der Waals surface area contributed by atoms with Crippen LogP contribution < -0.4 is 14.8 Å². The summed E-state index contributed by atoms with van der Waals surface area (Å²) in [6, 6.07) is 5.08. The van der Waals surface area contributed by atoms with E-state index in [2.05, 4.69) is 5.32 Å². The summed E-state index contributed by atoms with van der Waals surface area (Å²) in [6.07, 6.45) is 0. The lowest BCUT2D eigenvalue weighted by Gasteiger charge is -2.12. The van der Waals surface area contributed by atoms with Gasteiger partial charge in [-0.1, -0.05) is 0 Å². The summed E-state index contributed by atoms with van der Waals surface area (Å²) in [5, 5.41) is 2.89. The monoisotopic (exact) mass is 281 g/mol. The van der Waals surface area contributed by atoms with Gasteiger partial charge in [0.25, 0.3) is 0 Å². The number of hydrogen-bond donors (Lipinski definition) is 1. The molecule has 0 aliphatic carbocycles. The number of rotatable bonds is 6. The third kappa shape index (κ3) is 4.95. The van der Waals surface area contributed by atoms with Crippen molar-refractivity contribution in [3.05, 3.63) is 18.2 Å². The Hall–Kier alpha value is -1.24. The van der Waals surface area contributed by atoms with Crippen LogP contribution in [-0.2, 0) is 0 Å². The van der Waals surface area contributed by atoms with Crippen molar-refractivity contribution >= 4 is 17.4 Å². The van der Waals surface area contributed by atoms with E-state index >= 15 is 0 Å². The van der Waals surface area contributed by atoms with Gasteiger partial charge in [-0.05, 0) is 23.9 Å². The van der Waals surface area contributed by atoms with Gasteiger partial charge in [-0.25, -0.2) is 0 Å². The summed E-state index contributed by atoms with van der Waals surface area (Å²) < 4.78 is 45.9. The number of nitrogens with one attached hydrogen (secondary N) is 1. The van der Waals surface area contributed by atoms with Crippen molar-refractivity contribution in [2.45, 2.75) is 5.51 Å². The van der Waals surface area contributed by atoms with Crippen molar-refractivity contribution in [2.24, 2.45) is 0 Å². The van der Waals surface area contributed by atoms with Crippen molar-refractivity contribution in [3.8, 4) is 11.5 Å². The Balaban J connectivity index is 2.51. The summed E-state index contributed by atoms with van der Waals surface area (Å²) >= 11 is -0.0541. The van der Waals surface area contributed by atoms with Crippen LogP contribution in [0.15, 0.2) is 18.2 Å². The number of anilines is 1. The first kappa shape index (κ1) is 14.8. The van der Waals surface area contributed by atoms with Crippen LogP contribution in [0.25, 0.3) is 0 Å². The highest BCUT2D eigenvalue weighted by Crippen LogP contribution is 2.31. The molecule has 0 aliphatic heterocycles.